The van der Waals surface area contributed by atoms with Crippen molar-refractivity contribution in [1.82, 2.24) is 4.72 Å². The van der Waals surface area contributed by atoms with E-state index >= 15 is 0 Å². The Morgan fingerprint density at radius 2 is 1.92 bits per heavy atom. The average molecular weight is 370 g/mol. The van der Waals surface area contributed by atoms with Crippen LogP contribution in [0.1, 0.15) is 12.5 Å². The number of nitrogens with one attached hydrogen (secondary N) is 1. The molecule has 0 radical (unpaired) electrons. The Labute approximate surface area is 152 Å². The summed E-state index contributed by atoms with van der Waals surface area (Å²) < 4.78 is 41.0. The van der Waals surface area contributed by atoms with Gasteiger partial charge in [0.1, 0.15) is 11.7 Å². The lowest BCUT2D eigenvalue weighted by atomic mass is 9.98. The molecule has 0 saturated carbocycles. The standard InChI is InChI=1S/C20H19FN2O2S/c1-14(2)12-18(20-22-10-11-26(24,25)23-20)17-9-8-16(13-19(17)21)15-6-4-3-5-7-15/h3-9,12-13H,1,10-11H2,2H3,(H,22,23)/b18-12-. The van der Waals surface area contributed by atoms with Gasteiger partial charge in [-0.3, -0.25) is 9.71 Å². The highest BCUT2D eigenvalue weighted by Crippen LogP contribution is 2.27. The van der Waals surface area contributed by atoms with Crippen LogP contribution in [0.4, 0.5) is 4.39 Å². The third kappa shape index (κ3) is 4.08. The average Bonchev–Trinajstić information content (AvgIpc) is 2.59. The number of halogens is 1. The van der Waals surface area contributed by atoms with Crippen LogP contribution in [-0.4, -0.2) is 26.6 Å². The van der Waals surface area contributed by atoms with E-state index in [2.05, 4.69) is 16.3 Å². The van der Waals surface area contributed by atoms with Crippen LogP contribution in [0.3, 0.4) is 0 Å². The van der Waals surface area contributed by atoms with Crippen molar-refractivity contribution in [3.63, 3.8) is 0 Å². The predicted octanol–water partition coefficient (Wildman–Crippen LogP) is 3.78. The van der Waals surface area contributed by atoms with Gasteiger partial charge in [0.2, 0.25) is 10.0 Å². The highest BCUT2D eigenvalue weighted by Gasteiger charge is 2.23. The molecule has 0 spiro atoms. The van der Waals surface area contributed by atoms with Crippen molar-refractivity contribution in [3.05, 3.63) is 78.1 Å². The second-order valence-electron chi connectivity index (χ2n) is 6.12. The van der Waals surface area contributed by atoms with Crippen molar-refractivity contribution < 1.29 is 12.8 Å². The van der Waals surface area contributed by atoms with E-state index in [1.54, 1.807) is 25.1 Å². The Balaban J connectivity index is 2.06. The van der Waals surface area contributed by atoms with Gasteiger partial charge in [-0.1, -0.05) is 54.6 Å². The van der Waals surface area contributed by atoms with E-state index < -0.39 is 15.8 Å². The molecule has 1 aliphatic heterocycles. The molecule has 134 valence electrons. The highest BCUT2D eigenvalue weighted by molar-refractivity contribution is 7.90. The van der Waals surface area contributed by atoms with Gasteiger partial charge in [0, 0.05) is 11.1 Å². The molecule has 3 rings (SSSR count). The number of rotatable bonds is 4. The molecule has 1 heterocycles. The molecule has 2 aromatic rings. The molecule has 0 aromatic heterocycles. The molecule has 0 unspecified atom stereocenters. The molecule has 0 aliphatic carbocycles. The summed E-state index contributed by atoms with van der Waals surface area (Å²) in [5.41, 5.74) is 2.96. The zero-order chi connectivity index (χ0) is 18.7. The quantitative estimate of drug-likeness (QED) is 0.833. The smallest absolute Gasteiger partial charge is 0.235 e. The summed E-state index contributed by atoms with van der Waals surface area (Å²) in [5.74, 6) is -0.385. The molecular formula is C20H19FN2O2S. The number of hydrogen-bond donors (Lipinski definition) is 1. The van der Waals surface area contributed by atoms with Gasteiger partial charge >= 0.3 is 0 Å². The molecule has 1 N–H and O–H groups in total. The Hall–Kier alpha value is -2.73. The fourth-order valence-corrected chi connectivity index (χ4v) is 3.61. The van der Waals surface area contributed by atoms with E-state index in [9.17, 15) is 12.8 Å². The molecule has 26 heavy (non-hydrogen) atoms. The Bertz CT molecular complexity index is 1010. The van der Waals surface area contributed by atoms with Crippen molar-refractivity contribution in [2.45, 2.75) is 6.92 Å². The third-order valence-electron chi connectivity index (χ3n) is 3.89. The van der Waals surface area contributed by atoms with Gasteiger partial charge in [0.25, 0.3) is 0 Å². The van der Waals surface area contributed by atoms with Crippen molar-refractivity contribution in [2.24, 2.45) is 4.99 Å². The second-order valence-corrected chi connectivity index (χ2v) is 7.96. The minimum Gasteiger partial charge on any atom is -0.267 e. The molecule has 4 nitrogen and oxygen atoms in total. The molecule has 6 heteroatoms. The molecule has 0 amide bonds. The molecular weight excluding hydrogens is 351 g/mol. The number of sulfonamides is 1. The van der Waals surface area contributed by atoms with Crippen molar-refractivity contribution in [3.8, 4) is 11.1 Å². The van der Waals surface area contributed by atoms with Crippen LogP contribution >= 0.6 is 0 Å². The van der Waals surface area contributed by atoms with Crippen molar-refractivity contribution >= 4 is 21.4 Å². The Kier molecular flexibility index (Phi) is 5.04. The number of nitrogens with zero attached hydrogens (tertiary/aromatic N) is 1. The molecule has 0 bridgehead atoms. The minimum absolute atomic E-state index is 0.0771. The number of amidine groups is 1. The first-order chi connectivity index (χ1) is 12.4. The number of aliphatic imine (C=N–C) groups is 1. The summed E-state index contributed by atoms with van der Waals surface area (Å²) in [6, 6.07) is 14.4. The number of allylic oxidation sites excluding steroid dienone is 2. The van der Waals surface area contributed by atoms with Crippen molar-refractivity contribution in [1.29, 1.82) is 0 Å². The van der Waals surface area contributed by atoms with Crippen LogP contribution in [0.5, 0.6) is 0 Å². The van der Waals surface area contributed by atoms with Gasteiger partial charge in [0.15, 0.2) is 0 Å². The largest absolute Gasteiger partial charge is 0.267 e. The van der Waals surface area contributed by atoms with Gasteiger partial charge in [-0.15, -0.1) is 0 Å². The molecule has 0 saturated heterocycles. The first kappa shape index (κ1) is 18.1. The lowest BCUT2D eigenvalue weighted by molar-refractivity contribution is 0.590. The van der Waals surface area contributed by atoms with Gasteiger partial charge in [-0.05, 0) is 30.2 Å². The van der Waals surface area contributed by atoms with E-state index in [4.69, 9.17) is 0 Å². The van der Waals surface area contributed by atoms with Crippen LogP contribution in [0.2, 0.25) is 0 Å². The summed E-state index contributed by atoms with van der Waals surface area (Å²) in [5, 5.41) is 0. The van der Waals surface area contributed by atoms with Crippen LogP contribution in [0, 0.1) is 5.82 Å². The second kappa shape index (κ2) is 7.25. The van der Waals surface area contributed by atoms with E-state index in [-0.39, 0.29) is 23.7 Å². The monoisotopic (exact) mass is 370 g/mol. The van der Waals surface area contributed by atoms with Gasteiger partial charge < -0.3 is 0 Å². The van der Waals surface area contributed by atoms with E-state index in [0.29, 0.717) is 11.1 Å². The third-order valence-corrected chi connectivity index (χ3v) is 5.12. The molecule has 2 aromatic carbocycles. The van der Waals surface area contributed by atoms with Crippen molar-refractivity contribution in [2.75, 3.05) is 12.3 Å². The Morgan fingerprint density at radius 1 is 1.19 bits per heavy atom. The van der Waals surface area contributed by atoms with E-state index in [1.807, 2.05) is 30.3 Å². The fraction of sp³-hybridized carbons (Fsp3) is 0.150. The summed E-state index contributed by atoms with van der Waals surface area (Å²) in [6.45, 7) is 5.71. The Morgan fingerprint density at radius 3 is 2.54 bits per heavy atom. The first-order valence-electron chi connectivity index (χ1n) is 8.13. The van der Waals surface area contributed by atoms with Gasteiger partial charge in [0.05, 0.1) is 12.3 Å². The summed E-state index contributed by atoms with van der Waals surface area (Å²) in [7, 11) is -3.46. The zero-order valence-electron chi connectivity index (χ0n) is 14.4. The normalized spacial score (nSPS) is 16.5. The summed E-state index contributed by atoms with van der Waals surface area (Å²) in [6.07, 6.45) is 1.63. The topological polar surface area (TPSA) is 58.5 Å². The minimum atomic E-state index is -3.46. The molecule has 0 fully saturated rings. The maximum Gasteiger partial charge on any atom is 0.235 e. The molecule has 0 atom stereocenters. The van der Waals surface area contributed by atoms with Gasteiger partial charge in [-0.25, -0.2) is 12.8 Å². The first-order valence-corrected chi connectivity index (χ1v) is 9.79. The van der Waals surface area contributed by atoms with Crippen LogP contribution in [0.15, 0.2) is 71.8 Å². The number of hydrogen-bond acceptors (Lipinski definition) is 3. The van der Waals surface area contributed by atoms with Crippen LogP contribution in [0.25, 0.3) is 16.7 Å². The summed E-state index contributed by atoms with van der Waals surface area (Å²) >= 11 is 0. The van der Waals surface area contributed by atoms with E-state index in [1.165, 1.54) is 6.07 Å². The van der Waals surface area contributed by atoms with E-state index in [0.717, 1.165) is 11.1 Å². The predicted molar refractivity (Wildman–Crippen MR) is 104 cm³/mol. The van der Waals surface area contributed by atoms with Crippen LogP contribution in [-0.2, 0) is 10.0 Å². The van der Waals surface area contributed by atoms with Gasteiger partial charge in [-0.2, -0.15) is 0 Å². The maximum absolute atomic E-state index is 14.9. The number of benzene rings is 2. The lowest BCUT2D eigenvalue weighted by Crippen LogP contribution is -2.38. The fourth-order valence-electron chi connectivity index (χ4n) is 2.71. The van der Waals surface area contributed by atoms with Crippen LogP contribution < -0.4 is 4.72 Å². The maximum atomic E-state index is 14.9. The highest BCUT2D eigenvalue weighted by atomic mass is 32.2. The summed E-state index contributed by atoms with van der Waals surface area (Å²) in [4.78, 5) is 4.23. The zero-order valence-corrected chi connectivity index (χ0v) is 15.2. The molecule has 1 aliphatic rings. The lowest BCUT2D eigenvalue weighted by Gasteiger charge is -2.19. The SMILES string of the molecule is C=C(C)/C=C(\C1=NCCS(=O)(=O)N1)c1ccc(-c2ccccc2)cc1F.